The van der Waals surface area contributed by atoms with Crippen LogP contribution in [0.1, 0.15) is 0 Å². The van der Waals surface area contributed by atoms with Gasteiger partial charge in [-0.05, 0) is 16.8 Å². The van der Waals surface area contributed by atoms with Crippen LogP contribution in [0, 0.1) is 0 Å². The SMILES string of the molecule is CN(C)S(=O)(=O)N1CCN(Cn2nc(-c3cccc4ccccc34)ccc2=O)CC1. The Morgan fingerprint density at radius 2 is 1.63 bits per heavy atom. The first-order valence-electron chi connectivity index (χ1n) is 9.82. The summed E-state index contributed by atoms with van der Waals surface area (Å²) in [6.45, 7) is 2.18. The molecule has 0 radical (unpaired) electrons. The molecule has 0 atom stereocenters. The summed E-state index contributed by atoms with van der Waals surface area (Å²) < 4.78 is 28.7. The highest BCUT2D eigenvalue weighted by Gasteiger charge is 2.28. The standard InChI is InChI=1S/C21H25N5O3S/c1-23(2)30(28,29)25-14-12-24(13-15-25)16-26-21(27)11-10-20(22-26)19-9-5-7-17-6-3-4-8-18(17)19/h3-11H,12-16H2,1-2H3. The average Bonchev–Trinajstić information content (AvgIpc) is 2.75. The predicted molar refractivity (Wildman–Crippen MR) is 117 cm³/mol. The normalized spacial score (nSPS) is 16.4. The van der Waals surface area contributed by atoms with Crippen LogP contribution in [0.4, 0.5) is 0 Å². The van der Waals surface area contributed by atoms with Gasteiger partial charge in [0.05, 0.1) is 12.4 Å². The summed E-state index contributed by atoms with van der Waals surface area (Å²) in [7, 11) is -0.349. The molecule has 2 heterocycles. The van der Waals surface area contributed by atoms with E-state index >= 15 is 0 Å². The van der Waals surface area contributed by atoms with Crippen LogP contribution < -0.4 is 5.56 Å². The highest BCUT2D eigenvalue weighted by atomic mass is 32.2. The van der Waals surface area contributed by atoms with E-state index in [1.165, 1.54) is 33.5 Å². The number of piperazine rings is 1. The van der Waals surface area contributed by atoms with Crippen LogP contribution in [0.25, 0.3) is 22.0 Å². The molecule has 0 unspecified atom stereocenters. The fraction of sp³-hybridized carbons (Fsp3) is 0.333. The molecule has 0 aliphatic carbocycles. The number of hydrogen-bond donors (Lipinski definition) is 0. The lowest BCUT2D eigenvalue weighted by Gasteiger charge is -2.34. The van der Waals surface area contributed by atoms with E-state index in [1.807, 2.05) is 35.2 Å². The topological polar surface area (TPSA) is 78.8 Å². The fourth-order valence-electron chi connectivity index (χ4n) is 3.66. The molecule has 0 bridgehead atoms. The molecule has 1 aliphatic rings. The van der Waals surface area contributed by atoms with Crippen LogP contribution in [0.2, 0.25) is 0 Å². The Balaban J connectivity index is 1.55. The van der Waals surface area contributed by atoms with Crippen LogP contribution in [0.3, 0.4) is 0 Å². The molecule has 3 aromatic rings. The van der Waals surface area contributed by atoms with E-state index in [2.05, 4.69) is 17.2 Å². The lowest BCUT2D eigenvalue weighted by atomic mass is 10.0. The molecule has 158 valence electrons. The molecule has 4 rings (SSSR count). The third-order valence-corrected chi connectivity index (χ3v) is 7.33. The first-order chi connectivity index (χ1) is 14.4. The molecule has 0 saturated carbocycles. The van der Waals surface area contributed by atoms with E-state index in [4.69, 9.17) is 0 Å². The Hall–Kier alpha value is -2.59. The summed E-state index contributed by atoms with van der Waals surface area (Å²) in [5.74, 6) is 0. The van der Waals surface area contributed by atoms with Crippen molar-refractivity contribution in [2.75, 3.05) is 40.3 Å². The monoisotopic (exact) mass is 427 g/mol. The van der Waals surface area contributed by atoms with Gasteiger partial charge in [0, 0.05) is 51.9 Å². The Bertz CT molecular complexity index is 1210. The Kier molecular flexibility index (Phi) is 5.70. The molecule has 0 amide bonds. The maximum absolute atomic E-state index is 12.4. The molecule has 1 fully saturated rings. The zero-order chi connectivity index (χ0) is 21.3. The highest BCUT2D eigenvalue weighted by Crippen LogP contribution is 2.26. The molecule has 2 aromatic carbocycles. The number of nitrogens with zero attached hydrogens (tertiary/aromatic N) is 5. The van der Waals surface area contributed by atoms with Crippen LogP contribution in [-0.2, 0) is 16.9 Å². The van der Waals surface area contributed by atoms with Gasteiger partial charge in [-0.25, -0.2) is 4.68 Å². The summed E-state index contributed by atoms with van der Waals surface area (Å²) in [5.41, 5.74) is 1.53. The number of rotatable bonds is 5. The zero-order valence-corrected chi connectivity index (χ0v) is 17.9. The van der Waals surface area contributed by atoms with Gasteiger partial charge in [0.15, 0.2) is 0 Å². The zero-order valence-electron chi connectivity index (χ0n) is 17.1. The van der Waals surface area contributed by atoms with Gasteiger partial charge in [0.2, 0.25) is 0 Å². The molecule has 0 spiro atoms. The average molecular weight is 428 g/mol. The molecular formula is C21H25N5O3S. The lowest BCUT2D eigenvalue weighted by molar-refractivity contribution is 0.140. The minimum absolute atomic E-state index is 0.178. The Morgan fingerprint density at radius 3 is 2.37 bits per heavy atom. The third-order valence-electron chi connectivity index (χ3n) is 5.39. The molecule has 30 heavy (non-hydrogen) atoms. The van der Waals surface area contributed by atoms with Gasteiger partial charge in [-0.15, -0.1) is 0 Å². The second-order valence-corrected chi connectivity index (χ2v) is 9.67. The number of fused-ring (bicyclic) bond motifs is 1. The van der Waals surface area contributed by atoms with Crippen LogP contribution in [0.5, 0.6) is 0 Å². The maximum atomic E-state index is 12.4. The van der Waals surface area contributed by atoms with Crippen molar-refractivity contribution in [3.63, 3.8) is 0 Å². The van der Waals surface area contributed by atoms with Gasteiger partial charge in [-0.1, -0.05) is 42.5 Å². The van der Waals surface area contributed by atoms with Crippen molar-refractivity contribution in [3.05, 3.63) is 65.0 Å². The molecule has 1 aromatic heterocycles. The predicted octanol–water partition coefficient (Wildman–Crippen LogP) is 1.45. The van der Waals surface area contributed by atoms with Crippen molar-refractivity contribution in [3.8, 4) is 11.3 Å². The minimum Gasteiger partial charge on any atom is -0.282 e. The van der Waals surface area contributed by atoms with Gasteiger partial charge in [0.1, 0.15) is 0 Å². The van der Waals surface area contributed by atoms with Crippen molar-refractivity contribution in [2.24, 2.45) is 0 Å². The van der Waals surface area contributed by atoms with Gasteiger partial charge in [-0.3, -0.25) is 9.69 Å². The summed E-state index contributed by atoms with van der Waals surface area (Å²) in [6, 6.07) is 17.4. The van der Waals surface area contributed by atoms with E-state index in [0.717, 1.165) is 22.0 Å². The Labute approximate surface area is 176 Å². The second-order valence-electron chi connectivity index (χ2n) is 7.53. The summed E-state index contributed by atoms with van der Waals surface area (Å²) in [5, 5.41) is 6.81. The van der Waals surface area contributed by atoms with E-state index in [1.54, 1.807) is 6.07 Å². The summed E-state index contributed by atoms with van der Waals surface area (Å²) in [6.07, 6.45) is 0. The summed E-state index contributed by atoms with van der Waals surface area (Å²) >= 11 is 0. The molecule has 9 heteroatoms. The number of benzene rings is 2. The van der Waals surface area contributed by atoms with Crippen molar-refractivity contribution >= 4 is 21.0 Å². The van der Waals surface area contributed by atoms with Crippen molar-refractivity contribution < 1.29 is 8.42 Å². The van der Waals surface area contributed by atoms with Crippen LogP contribution >= 0.6 is 0 Å². The first kappa shape index (κ1) is 20.7. The van der Waals surface area contributed by atoms with Gasteiger partial charge in [-0.2, -0.15) is 22.1 Å². The van der Waals surface area contributed by atoms with Crippen molar-refractivity contribution in [1.29, 1.82) is 0 Å². The van der Waals surface area contributed by atoms with Crippen molar-refractivity contribution in [2.45, 2.75) is 6.67 Å². The van der Waals surface area contributed by atoms with Crippen LogP contribution in [0.15, 0.2) is 59.4 Å². The number of aromatic nitrogens is 2. The van der Waals surface area contributed by atoms with Gasteiger partial charge >= 0.3 is 0 Å². The van der Waals surface area contributed by atoms with E-state index in [9.17, 15) is 13.2 Å². The van der Waals surface area contributed by atoms with E-state index < -0.39 is 10.2 Å². The second kappa shape index (κ2) is 8.27. The Morgan fingerprint density at radius 1 is 0.933 bits per heavy atom. The first-order valence-corrected chi connectivity index (χ1v) is 11.2. The molecule has 1 saturated heterocycles. The quantitative estimate of drug-likeness (QED) is 0.616. The van der Waals surface area contributed by atoms with Gasteiger partial charge < -0.3 is 0 Å². The largest absolute Gasteiger partial charge is 0.282 e. The fourth-order valence-corrected chi connectivity index (χ4v) is 4.75. The summed E-state index contributed by atoms with van der Waals surface area (Å²) in [4.78, 5) is 14.5. The molecular weight excluding hydrogens is 402 g/mol. The lowest BCUT2D eigenvalue weighted by Crippen LogP contribution is -2.52. The smallest absolute Gasteiger partial charge is 0.281 e. The van der Waals surface area contributed by atoms with Crippen LogP contribution in [-0.4, -0.2) is 72.0 Å². The van der Waals surface area contributed by atoms with E-state index in [-0.39, 0.29) is 5.56 Å². The van der Waals surface area contributed by atoms with Crippen molar-refractivity contribution in [1.82, 2.24) is 23.3 Å². The minimum atomic E-state index is -3.41. The molecule has 0 N–H and O–H groups in total. The molecule has 1 aliphatic heterocycles. The van der Waals surface area contributed by atoms with E-state index in [0.29, 0.717) is 32.8 Å². The maximum Gasteiger partial charge on any atom is 0.281 e. The molecule has 8 nitrogen and oxygen atoms in total. The number of hydrogen-bond acceptors (Lipinski definition) is 5. The third kappa shape index (κ3) is 4.01. The highest BCUT2D eigenvalue weighted by molar-refractivity contribution is 7.86. The van der Waals surface area contributed by atoms with Gasteiger partial charge in [0.25, 0.3) is 15.8 Å².